The zero-order valence-electron chi connectivity index (χ0n) is 21.3. The summed E-state index contributed by atoms with van der Waals surface area (Å²) in [7, 11) is 0. The number of carbonyl (C=O) groups is 1. The minimum absolute atomic E-state index is 0.0443. The van der Waals surface area contributed by atoms with Gasteiger partial charge in [0.25, 0.3) is 0 Å². The number of hydrogen-bond acceptors (Lipinski definition) is 5. The van der Waals surface area contributed by atoms with Crippen molar-refractivity contribution in [3.8, 4) is 0 Å². The summed E-state index contributed by atoms with van der Waals surface area (Å²) in [6.07, 6.45) is 1.57. The Hall–Kier alpha value is -3.10. The molecule has 196 valence electrons. The summed E-state index contributed by atoms with van der Waals surface area (Å²) in [6.45, 7) is 7.23. The third kappa shape index (κ3) is 7.94. The van der Waals surface area contributed by atoms with Gasteiger partial charge in [-0.05, 0) is 99.2 Å². The van der Waals surface area contributed by atoms with E-state index in [0.717, 1.165) is 42.7 Å². The van der Waals surface area contributed by atoms with Gasteiger partial charge in [0, 0.05) is 42.5 Å². The number of nitrogens with one attached hydrogen (secondary N) is 2. The van der Waals surface area contributed by atoms with E-state index in [9.17, 15) is 13.6 Å². The molecule has 0 radical (unpaired) electrons. The van der Waals surface area contributed by atoms with Crippen molar-refractivity contribution in [1.29, 1.82) is 0 Å². The highest BCUT2D eigenvalue weighted by Gasteiger charge is 2.30. The van der Waals surface area contributed by atoms with Gasteiger partial charge in [-0.15, -0.1) is 0 Å². The predicted molar refractivity (Wildman–Crippen MR) is 146 cm³/mol. The van der Waals surface area contributed by atoms with Crippen LogP contribution in [0.15, 0.2) is 72.8 Å². The molecule has 1 fully saturated rings. The molecular weight excluding hydrogens is 492 g/mol. The fraction of sp³-hybridized carbons (Fsp3) is 0.345. The summed E-state index contributed by atoms with van der Waals surface area (Å²) in [5.41, 5.74) is 3.08. The van der Waals surface area contributed by atoms with Crippen LogP contribution in [0.2, 0.25) is 0 Å². The van der Waals surface area contributed by atoms with Gasteiger partial charge in [0.2, 0.25) is 0 Å². The van der Waals surface area contributed by atoms with Gasteiger partial charge in [-0.25, -0.2) is 17.9 Å². The Balaban J connectivity index is 1.39. The maximum Gasteiger partial charge on any atom is 0.412 e. The molecule has 1 atom stereocenters. The van der Waals surface area contributed by atoms with Crippen LogP contribution in [0.25, 0.3) is 0 Å². The average molecular weight is 526 g/mol. The summed E-state index contributed by atoms with van der Waals surface area (Å²) >= 11 is 1.55. The smallest absolute Gasteiger partial charge is 0.412 e. The van der Waals surface area contributed by atoms with E-state index in [-0.39, 0.29) is 17.6 Å². The molecule has 4 rings (SSSR count). The fourth-order valence-corrected chi connectivity index (χ4v) is 5.42. The standard InChI is InChI=1S/C29H33F2N3O2S/c1-29(2,3)36-28(35)32-25-14-16-26(17-15-25)33-37-34-18-4-5-22(19-34)27(20-6-10-23(30)11-7-20)21-8-12-24(31)13-9-21/h6-17,22,27,33H,4-5,18-19H2,1-3H3,(H,32,35). The molecule has 0 aromatic heterocycles. The zero-order chi connectivity index (χ0) is 26.4. The number of ether oxygens (including phenoxy) is 1. The van der Waals surface area contributed by atoms with Gasteiger partial charge >= 0.3 is 6.09 Å². The SMILES string of the molecule is CC(C)(C)OC(=O)Nc1ccc(NSN2CCCC(C(c3ccc(F)cc3)c3ccc(F)cc3)C2)cc1. The molecule has 0 bridgehead atoms. The summed E-state index contributed by atoms with van der Waals surface area (Å²) in [5.74, 6) is -0.194. The maximum absolute atomic E-state index is 13.6. The van der Waals surface area contributed by atoms with Gasteiger partial charge in [0.05, 0.1) is 0 Å². The van der Waals surface area contributed by atoms with Crippen molar-refractivity contribution in [2.45, 2.75) is 45.1 Å². The first-order valence-electron chi connectivity index (χ1n) is 12.5. The lowest BCUT2D eigenvalue weighted by Crippen LogP contribution is -2.34. The molecule has 0 aliphatic carbocycles. The van der Waals surface area contributed by atoms with Crippen LogP contribution in [-0.2, 0) is 4.74 Å². The van der Waals surface area contributed by atoms with Crippen molar-refractivity contribution < 1.29 is 18.3 Å². The number of piperidine rings is 1. The Morgan fingerprint density at radius 3 is 2.00 bits per heavy atom. The Bertz CT molecular complexity index is 1120. The van der Waals surface area contributed by atoms with E-state index < -0.39 is 11.7 Å². The molecule has 1 heterocycles. The molecule has 37 heavy (non-hydrogen) atoms. The first-order chi connectivity index (χ1) is 17.7. The molecule has 0 spiro atoms. The quantitative estimate of drug-likeness (QED) is 0.308. The minimum Gasteiger partial charge on any atom is -0.444 e. The number of nitrogens with zero attached hydrogens (tertiary/aromatic N) is 1. The van der Waals surface area contributed by atoms with Gasteiger partial charge in [0.15, 0.2) is 0 Å². The van der Waals surface area contributed by atoms with Crippen molar-refractivity contribution >= 4 is 29.6 Å². The number of hydrogen-bond donors (Lipinski definition) is 2. The topological polar surface area (TPSA) is 53.6 Å². The number of carbonyl (C=O) groups excluding carboxylic acids is 1. The summed E-state index contributed by atoms with van der Waals surface area (Å²) in [6, 6.07) is 20.8. The van der Waals surface area contributed by atoms with Crippen LogP contribution in [0.3, 0.4) is 0 Å². The Kier molecular flexibility index (Phi) is 8.71. The van der Waals surface area contributed by atoms with E-state index in [0.29, 0.717) is 11.6 Å². The van der Waals surface area contributed by atoms with Crippen molar-refractivity contribution in [2.75, 3.05) is 23.1 Å². The normalized spacial score (nSPS) is 16.4. The molecule has 1 aliphatic heterocycles. The average Bonchev–Trinajstić information content (AvgIpc) is 2.85. The van der Waals surface area contributed by atoms with E-state index in [2.05, 4.69) is 14.3 Å². The number of anilines is 2. The first-order valence-corrected chi connectivity index (χ1v) is 13.2. The zero-order valence-corrected chi connectivity index (χ0v) is 22.2. The minimum atomic E-state index is -0.555. The Labute approximate surface area is 221 Å². The van der Waals surface area contributed by atoms with E-state index in [4.69, 9.17) is 4.74 Å². The lowest BCUT2D eigenvalue weighted by molar-refractivity contribution is 0.0636. The Morgan fingerprint density at radius 2 is 1.46 bits per heavy atom. The molecule has 8 heteroatoms. The van der Waals surface area contributed by atoms with Crippen molar-refractivity contribution in [1.82, 2.24) is 4.31 Å². The summed E-state index contributed by atoms with van der Waals surface area (Å²) in [4.78, 5) is 12.0. The second kappa shape index (κ2) is 12.0. The third-order valence-corrected chi connectivity index (χ3v) is 7.09. The molecule has 2 N–H and O–H groups in total. The Morgan fingerprint density at radius 1 is 0.919 bits per heavy atom. The third-order valence-electron chi connectivity index (χ3n) is 6.17. The number of rotatable bonds is 7. The van der Waals surface area contributed by atoms with Crippen LogP contribution in [0, 0.1) is 17.6 Å². The molecule has 1 saturated heterocycles. The lowest BCUT2D eigenvalue weighted by atomic mass is 9.77. The van der Waals surface area contributed by atoms with Crippen LogP contribution in [-0.4, -0.2) is 29.1 Å². The van der Waals surface area contributed by atoms with Gasteiger partial charge < -0.3 is 9.46 Å². The predicted octanol–water partition coefficient (Wildman–Crippen LogP) is 7.83. The molecule has 5 nitrogen and oxygen atoms in total. The molecule has 1 aliphatic rings. The molecule has 3 aromatic carbocycles. The number of benzene rings is 3. The number of amides is 1. The van der Waals surface area contributed by atoms with Crippen molar-refractivity contribution in [2.24, 2.45) is 5.92 Å². The van der Waals surface area contributed by atoms with E-state index in [1.807, 2.05) is 69.3 Å². The highest BCUT2D eigenvalue weighted by atomic mass is 32.2. The lowest BCUT2D eigenvalue weighted by Gasteiger charge is -2.36. The van der Waals surface area contributed by atoms with Crippen molar-refractivity contribution in [3.63, 3.8) is 0 Å². The molecule has 1 unspecified atom stereocenters. The molecular formula is C29H33F2N3O2S. The van der Waals surface area contributed by atoms with Gasteiger partial charge in [-0.2, -0.15) is 0 Å². The van der Waals surface area contributed by atoms with Crippen LogP contribution in [0.4, 0.5) is 25.0 Å². The van der Waals surface area contributed by atoms with Crippen molar-refractivity contribution in [3.05, 3.63) is 95.6 Å². The molecule has 1 amide bonds. The monoisotopic (exact) mass is 525 g/mol. The first kappa shape index (κ1) is 26.9. The van der Waals surface area contributed by atoms with E-state index in [1.54, 1.807) is 12.1 Å². The van der Waals surface area contributed by atoms with Crippen LogP contribution >= 0.6 is 12.1 Å². The van der Waals surface area contributed by atoms with Gasteiger partial charge in [-0.3, -0.25) is 5.32 Å². The largest absolute Gasteiger partial charge is 0.444 e. The van der Waals surface area contributed by atoms with Crippen LogP contribution < -0.4 is 10.0 Å². The molecule has 3 aromatic rings. The number of halogens is 2. The van der Waals surface area contributed by atoms with E-state index in [1.165, 1.54) is 24.3 Å². The van der Waals surface area contributed by atoms with Gasteiger partial charge in [0.1, 0.15) is 17.2 Å². The second-order valence-corrected chi connectivity index (χ2v) is 11.2. The molecule has 0 saturated carbocycles. The summed E-state index contributed by atoms with van der Waals surface area (Å²) in [5, 5.41) is 2.73. The second-order valence-electron chi connectivity index (χ2n) is 10.3. The fourth-order valence-electron chi connectivity index (χ4n) is 4.57. The van der Waals surface area contributed by atoms with Crippen LogP contribution in [0.1, 0.15) is 50.7 Å². The summed E-state index contributed by atoms with van der Waals surface area (Å²) < 4.78 is 38.2. The highest BCUT2D eigenvalue weighted by Crippen LogP contribution is 2.38. The van der Waals surface area contributed by atoms with E-state index >= 15 is 0 Å². The van der Waals surface area contributed by atoms with Gasteiger partial charge in [-0.1, -0.05) is 24.3 Å². The maximum atomic E-state index is 13.6. The highest BCUT2D eigenvalue weighted by molar-refractivity contribution is 7.98. The van der Waals surface area contributed by atoms with Crippen LogP contribution in [0.5, 0.6) is 0 Å².